The van der Waals surface area contributed by atoms with Gasteiger partial charge in [0.15, 0.2) is 0 Å². The molecule has 0 spiro atoms. The highest BCUT2D eigenvalue weighted by Gasteiger charge is 2.48. The number of ether oxygens (including phenoxy) is 1. The average molecular weight is 345 g/mol. The van der Waals surface area contributed by atoms with E-state index in [4.69, 9.17) is 4.74 Å². The number of nitrogens with zero attached hydrogens (tertiary/aromatic N) is 1. The van der Waals surface area contributed by atoms with Crippen molar-refractivity contribution in [3.8, 4) is 0 Å². The topological polar surface area (TPSA) is 80.8 Å². The van der Waals surface area contributed by atoms with Crippen LogP contribution in [0.25, 0.3) is 0 Å². The van der Waals surface area contributed by atoms with Crippen LogP contribution in [0.2, 0.25) is 0 Å². The molecule has 6 heteroatoms. The third kappa shape index (κ3) is 3.21. The second-order valence-corrected chi connectivity index (χ2v) is 6.63. The number of fused-ring (bicyclic) bond motifs is 1. The Kier molecular flexibility index (Phi) is 5.11. The molecule has 1 amide bonds. The Morgan fingerprint density at radius 3 is 2.32 bits per heavy atom. The minimum atomic E-state index is -1.05. The van der Waals surface area contributed by atoms with E-state index in [0.717, 1.165) is 0 Å². The summed E-state index contributed by atoms with van der Waals surface area (Å²) in [5.41, 5.74) is 0.607. The van der Waals surface area contributed by atoms with Crippen molar-refractivity contribution in [2.75, 3.05) is 18.6 Å². The molecule has 0 aromatic heterocycles. The first-order valence-corrected chi connectivity index (χ1v) is 8.24. The molecule has 1 aromatic rings. The van der Waals surface area contributed by atoms with Crippen LogP contribution in [0.4, 0.5) is 5.69 Å². The minimum absolute atomic E-state index is 0.0835. The molecule has 2 rings (SSSR count). The maximum absolute atomic E-state index is 12.9. The van der Waals surface area contributed by atoms with Gasteiger partial charge in [-0.3, -0.25) is 14.4 Å². The summed E-state index contributed by atoms with van der Waals surface area (Å²) >= 11 is 0. The summed E-state index contributed by atoms with van der Waals surface area (Å²) in [5.74, 6) is -2.04. The molecule has 0 N–H and O–H groups in total. The Morgan fingerprint density at radius 1 is 1.20 bits per heavy atom. The van der Waals surface area contributed by atoms with Gasteiger partial charge in [-0.15, -0.1) is 0 Å². The van der Waals surface area contributed by atoms with Crippen LogP contribution >= 0.6 is 0 Å². The normalized spacial score (nSPS) is 19.1. The van der Waals surface area contributed by atoms with Crippen molar-refractivity contribution in [1.82, 2.24) is 0 Å². The minimum Gasteiger partial charge on any atom is -0.462 e. The first-order valence-electron chi connectivity index (χ1n) is 8.24. The molecule has 1 atom stereocenters. The highest BCUT2D eigenvalue weighted by Crippen LogP contribution is 2.45. The third-order valence-electron chi connectivity index (χ3n) is 4.83. The zero-order valence-corrected chi connectivity index (χ0v) is 15.2. The van der Waals surface area contributed by atoms with E-state index in [9.17, 15) is 19.2 Å². The lowest BCUT2D eigenvalue weighted by Gasteiger charge is -2.26. The number of esters is 1. The summed E-state index contributed by atoms with van der Waals surface area (Å²) in [6.45, 7) is 6.40. The van der Waals surface area contributed by atoms with Crippen LogP contribution in [0.3, 0.4) is 0 Å². The van der Waals surface area contributed by atoms with E-state index in [1.54, 1.807) is 39.1 Å². The first-order chi connectivity index (χ1) is 11.6. The first kappa shape index (κ1) is 18.8. The van der Waals surface area contributed by atoms with Gasteiger partial charge in [-0.2, -0.15) is 0 Å². The Balaban J connectivity index is 2.52. The SMILES string of the molecule is CCOC(=O)c1ccc2c(c1)[C@](C)(CC(C(C)=O)C(C)=O)C(=O)N2C. The van der Waals surface area contributed by atoms with E-state index in [2.05, 4.69) is 0 Å². The van der Waals surface area contributed by atoms with Gasteiger partial charge in [-0.25, -0.2) is 4.79 Å². The van der Waals surface area contributed by atoms with Gasteiger partial charge in [-0.05, 0) is 57.9 Å². The van der Waals surface area contributed by atoms with Gasteiger partial charge in [0.2, 0.25) is 5.91 Å². The van der Waals surface area contributed by atoms with E-state index in [-0.39, 0.29) is 30.5 Å². The van der Waals surface area contributed by atoms with Crippen LogP contribution in [0.1, 0.15) is 50.0 Å². The molecule has 0 aliphatic carbocycles. The molecule has 6 nitrogen and oxygen atoms in total. The number of hydrogen-bond donors (Lipinski definition) is 0. The smallest absolute Gasteiger partial charge is 0.338 e. The standard InChI is InChI=1S/C19H23NO5/c1-6-25-17(23)13-7-8-16-15(9-13)19(4,18(24)20(16)5)10-14(11(2)21)12(3)22/h7-9,14H,6,10H2,1-5H3/t19-/m0/s1. The van der Waals surface area contributed by atoms with Gasteiger partial charge < -0.3 is 9.64 Å². The molecular weight excluding hydrogens is 322 g/mol. The number of hydrogen-bond acceptors (Lipinski definition) is 5. The molecule has 0 unspecified atom stereocenters. The van der Waals surface area contributed by atoms with Crippen LogP contribution in [0.5, 0.6) is 0 Å². The number of carbonyl (C=O) groups is 4. The van der Waals surface area contributed by atoms with Crippen molar-refractivity contribution in [3.05, 3.63) is 29.3 Å². The van der Waals surface area contributed by atoms with Gasteiger partial charge in [0.25, 0.3) is 0 Å². The summed E-state index contributed by atoms with van der Waals surface area (Å²) in [5, 5.41) is 0. The fourth-order valence-electron chi connectivity index (χ4n) is 3.39. The predicted octanol–water partition coefficient (Wildman–Crippen LogP) is 2.28. The number of Topliss-reactive ketones (excluding diaryl/α,β-unsaturated/α-hetero) is 2. The van der Waals surface area contributed by atoms with Crippen molar-refractivity contribution in [1.29, 1.82) is 0 Å². The number of amides is 1. The molecule has 1 heterocycles. The zero-order chi connectivity index (χ0) is 18.9. The maximum Gasteiger partial charge on any atom is 0.338 e. The van der Waals surface area contributed by atoms with Crippen molar-refractivity contribution < 1.29 is 23.9 Å². The Hall–Kier alpha value is -2.50. The monoisotopic (exact) mass is 345 g/mol. The lowest BCUT2D eigenvalue weighted by atomic mass is 9.74. The van der Waals surface area contributed by atoms with Gasteiger partial charge in [0.05, 0.1) is 23.5 Å². The van der Waals surface area contributed by atoms with E-state index < -0.39 is 17.3 Å². The van der Waals surface area contributed by atoms with Crippen LogP contribution < -0.4 is 4.90 Å². The van der Waals surface area contributed by atoms with Crippen molar-refractivity contribution in [2.45, 2.75) is 39.5 Å². The van der Waals surface area contributed by atoms with Crippen molar-refractivity contribution in [2.24, 2.45) is 5.92 Å². The average Bonchev–Trinajstić information content (AvgIpc) is 2.74. The van der Waals surface area contributed by atoms with E-state index >= 15 is 0 Å². The number of anilines is 1. The van der Waals surface area contributed by atoms with Gasteiger partial charge in [-0.1, -0.05) is 0 Å². The fraction of sp³-hybridized carbons (Fsp3) is 0.474. The van der Waals surface area contributed by atoms with Crippen LogP contribution in [-0.2, 0) is 24.5 Å². The summed E-state index contributed by atoms with van der Waals surface area (Å²) in [6.07, 6.45) is 0.0835. The van der Waals surface area contributed by atoms with Crippen LogP contribution in [0.15, 0.2) is 18.2 Å². The van der Waals surface area contributed by atoms with E-state index in [0.29, 0.717) is 16.8 Å². The quantitative estimate of drug-likeness (QED) is 0.584. The Bertz CT molecular complexity index is 740. The number of likely N-dealkylation sites (N-methyl/N-ethyl adjacent to an activating group) is 1. The van der Waals surface area contributed by atoms with Gasteiger partial charge in [0.1, 0.15) is 11.6 Å². The number of ketones is 2. The Labute approximate surface area is 147 Å². The van der Waals surface area contributed by atoms with Gasteiger partial charge >= 0.3 is 5.97 Å². The summed E-state index contributed by atoms with van der Waals surface area (Å²) in [7, 11) is 1.65. The highest BCUT2D eigenvalue weighted by atomic mass is 16.5. The Morgan fingerprint density at radius 2 is 1.80 bits per heavy atom. The number of carbonyl (C=O) groups excluding carboxylic acids is 4. The molecule has 1 aromatic carbocycles. The lowest BCUT2D eigenvalue weighted by Crippen LogP contribution is -2.40. The second kappa shape index (κ2) is 6.78. The molecule has 0 saturated heterocycles. The summed E-state index contributed by atoms with van der Waals surface area (Å²) in [4.78, 5) is 50.1. The number of rotatable bonds is 6. The molecular formula is C19H23NO5. The molecule has 134 valence electrons. The molecule has 1 aliphatic rings. The van der Waals surface area contributed by atoms with Gasteiger partial charge in [0, 0.05) is 12.7 Å². The molecule has 25 heavy (non-hydrogen) atoms. The third-order valence-corrected chi connectivity index (χ3v) is 4.83. The van der Waals surface area contributed by atoms with Crippen molar-refractivity contribution in [3.63, 3.8) is 0 Å². The lowest BCUT2D eigenvalue weighted by molar-refractivity contribution is -0.132. The molecule has 1 aliphatic heterocycles. The second-order valence-electron chi connectivity index (χ2n) is 6.63. The molecule has 0 saturated carbocycles. The van der Waals surface area contributed by atoms with Crippen molar-refractivity contribution >= 4 is 29.1 Å². The predicted molar refractivity (Wildman–Crippen MR) is 92.6 cm³/mol. The van der Waals surface area contributed by atoms with Crippen LogP contribution in [-0.4, -0.2) is 37.1 Å². The largest absolute Gasteiger partial charge is 0.462 e. The summed E-state index contributed by atoms with van der Waals surface area (Å²) < 4.78 is 5.02. The highest BCUT2D eigenvalue weighted by molar-refractivity contribution is 6.09. The molecule has 0 bridgehead atoms. The van der Waals surface area contributed by atoms with Crippen LogP contribution in [0, 0.1) is 5.92 Å². The van der Waals surface area contributed by atoms with E-state index in [1.807, 2.05) is 0 Å². The van der Waals surface area contributed by atoms with E-state index in [1.165, 1.54) is 18.7 Å². The summed E-state index contributed by atoms with van der Waals surface area (Å²) in [6, 6.07) is 4.94. The molecule has 0 radical (unpaired) electrons. The fourth-order valence-corrected chi connectivity index (χ4v) is 3.39. The molecule has 0 fully saturated rings. The maximum atomic E-state index is 12.9. The zero-order valence-electron chi connectivity index (χ0n) is 15.2. The number of benzene rings is 1.